The highest BCUT2D eigenvalue weighted by molar-refractivity contribution is 5.93. The van der Waals surface area contributed by atoms with E-state index in [1.165, 1.54) is 12.8 Å². The maximum absolute atomic E-state index is 12.7. The Labute approximate surface area is 170 Å². The van der Waals surface area contributed by atoms with Crippen molar-refractivity contribution in [1.82, 2.24) is 20.4 Å². The maximum Gasteiger partial charge on any atom is 0.271 e. The molecule has 3 heterocycles. The van der Waals surface area contributed by atoms with E-state index in [1.807, 2.05) is 37.3 Å². The predicted octanol–water partition coefficient (Wildman–Crippen LogP) is 3.55. The van der Waals surface area contributed by atoms with E-state index in [0.717, 1.165) is 30.2 Å². The Kier molecular flexibility index (Phi) is 5.67. The van der Waals surface area contributed by atoms with Crippen molar-refractivity contribution in [3.8, 4) is 17.2 Å². The van der Waals surface area contributed by atoms with Crippen LogP contribution in [0.2, 0.25) is 0 Å². The van der Waals surface area contributed by atoms with Gasteiger partial charge in [0, 0.05) is 18.2 Å². The third kappa shape index (κ3) is 4.19. The molecule has 2 N–H and O–H groups in total. The Morgan fingerprint density at radius 3 is 2.79 bits per heavy atom. The second kappa shape index (κ2) is 8.53. The summed E-state index contributed by atoms with van der Waals surface area (Å²) >= 11 is 0. The van der Waals surface area contributed by atoms with Crippen molar-refractivity contribution in [3.63, 3.8) is 0 Å². The molecule has 0 aliphatic carbocycles. The number of carbonyl (C=O) groups is 1. The Hall–Kier alpha value is -3.06. The monoisotopic (exact) mass is 394 g/mol. The number of nitrogens with zero attached hydrogens (tertiary/aromatic N) is 2. The highest BCUT2D eigenvalue weighted by atomic mass is 16.5. The zero-order valence-electron chi connectivity index (χ0n) is 16.8. The second-order valence-corrected chi connectivity index (χ2v) is 7.29. The molecule has 7 nitrogen and oxygen atoms in total. The van der Waals surface area contributed by atoms with E-state index in [2.05, 4.69) is 26.5 Å². The van der Waals surface area contributed by atoms with E-state index in [-0.39, 0.29) is 11.9 Å². The Morgan fingerprint density at radius 1 is 1.28 bits per heavy atom. The van der Waals surface area contributed by atoms with Crippen LogP contribution in [0.5, 0.6) is 5.75 Å². The van der Waals surface area contributed by atoms with Gasteiger partial charge in [-0.05, 0) is 51.1 Å². The van der Waals surface area contributed by atoms with Gasteiger partial charge in [0.15, 0.2) is 11.5 Å². The standard InChI is InChI=1S/C22H26N4O3/c1-15-9-10-21(29-15)17-13-18(25-24-17)22(27)23-14-19(26-11-5-6-12-26)16-7-3-4-8-20(16)28-2/h3-4,7-10,13,19H,5-6,11-12,14H2,1-2H3,(H,23,27)(H,24,25). The smallest absolute Gasteiger partial charge is 0.271 e. The Bertz CT molecular complexity index is 972. The summed E-state index contributed by atoms with van der Waals surface area (Å²) in [6.07, 6.45) is 2.34. The highest BCUT2D eigenvalue weighted by Crippen LogP contribution is 2.31. The number of aromatic amines is 1. The molecule has 3 aromatic rings. The molecular weight excluding hydrogens is 368 g/mol. The molecule has 0 spiro atoms. The van der Waals surface area contributed by atoms with E-state index >= 15 is 0 Å². The number of ether oxygens (including phenoxy) is 1. The van der Waals surface area contributed by atoms with E-state index < -0.39 is 0 Å². The van der Waals surface area contributed by atoms with Gasteiger partial charge in [-0.15, -0.1) is 0 Å². The minimum absolute atomic E-state index is 0.0590. The lowest BCUT2D eigenvalue weighted by Crippen LogP contribution is -2.37. The van der Waals surface area contributed by atoms with Gasteiger partial charge in [0.05, 0.1) is 13.2 Å². The van der Waals surface area contributed by atoms with Crippen LogP contribution in [0.4, 0.5) is 0 Å². The van der Waals surface area contributed by atoms with E-state index in [1.54, 1.807) is 13.2 Å². The number of carbonyl (C=O) groups excluding carboxylic acids is 1. The topological polar surface area (TPSA) is 83.4 Å². The molecule has 29 heavy (non-hydrogen) atoms. The third-order valence-electron chi connectivity index (χ3n) is 5.35. The summed E-state index contributed by atoms with van der Waals surface area (Å²) in [5.74, 6) is 2.10. The second-order valence-electron chi connectivity index (χ2n) is 7.29. The maximum atomic E-state index is 12.7. The summed E-state index contributed by atoms with van der Waals surface area (Å²) in [4.78, 5) is 15.1. The molecule has 1 amide bonds. The molecule has 1 aromatic carbocycles. The first-order valence-corrected chi connectivity index (χ1v) is 9.93. The fraction of sp³-hybridized carbons (Fsp3) is 0.364. The van der Waals surface area contributed by atoms with Crippen molar-refractivity contribution < 1.29 is 13.9 Å². The fourth-order valence-electron chi connectivity index (χ4n) is 3.85. The summed E-state index contributed by atoms with van der Waals surface area (Å²) in [6, 6.07) is 13.5. The van der Waals surface area contributed by atoms with Crippen molar-refractivity contribution in [3.05, 3.63) is 59.5 Å². The average molecular weight is 394 g/mol. The van der Waals surface area contributed by atoms with E-state index in [4.69, 9.17) is 9.15 Å². The molecule has 1 saturated heterocycles. The van der Waals surface area contributed by atoms with Gasteiger partial charge in [-0.3, -0.25) is 14.8 Å². The van der Waals surface area contributed by atoms with Gasteiger partial charge in [0.1, 0.15) is 17.2 Å². The molecule has 1 unspecified atom stereocenters. The van der Waals surface area contributed by atoms with Crippen LogP contribution in [0.3, 0.4) is 0 Å². The number of H-pyrrole nitrogens is 1. The molecule has 2 aromatic heterocycles. The number of furan rings is 1. The van der Waals surface area contributed by atoms with Gasteiger partial charge in [-0.25, -0.2) is 0 Å². The van der Waals surface area contributed by atoms with E-state index in [9.17, 15) is 4.79 Å². The average Bonchev–Trinajstić information content (AvgIpc) is 3.50. The van der Waals surface area contributed by atoms with Gasteiger partial charge in [0.25, 0.3) is 5.91 Å². The van der Waals surface area contributed by atoms with Crippen LogP contribution in [0.15, 0.2) is 46.9 Å². The first kappa shape index (κ1) is 19.3. The van der Waals surface area contributed by atoms with Crippen LogP contribution in [0.1, 0.15) is 40.7 Å². The van der Waals surface area contributed by atoms with Gasteiger partial charge in [-0.1, -0.05) is 18.2 Å². The number of hydrogen-bond donors (Lipinski definition) is 2. The number of benzene rings is 1. The molecule has 4 rings (SSSR count). The van der Waals surface area contributed by atoms with Crippen LogP contribution in [0, 0.1) is 6.92 Å². The lowest BCUT2D eigenvalue weighted by atomic mass is 10.0. The van der Waals surface area contributed by atoms with Crippen LogP contribution in [-0.4, -0.2) is 47.7 Å². The lowest BCUT2D eigenvalue weighted by Gasteiger charge is -2.29. The number of nitrogens with one attached hydrogen (secondary N) is 2. The molecular formula is C22H26N4O3. The number of aryl methyl sites for hydroxylation is 1. The van der Waals surface area contributed by atoms with E-state index in [0.29, 0.717) is 23.7 Å². The number of likely N-dealkylation sites (tertiary alicyclic amines) is 1. The summed E-state index contributed by atoms with van der Waals surface area (Å²) in [7, 11) is 1.68. The molecule has 7 heteroatoms. The number of hydrogen-bond acceptors (Lipinski definition) is 5. The number of methoxy groups -OCH3 is 1. The minimum Gasteiger partial charge on any atom is -0.496 e. The quantitative estimate of drug-likeness (QED) is 0.640. The van der Waals surface area contributed by atoms with Gasteiger partial charge < -0.3 is 14.5 Å². The molecule has 0 bridgehead atoms. The van der Waals surface area contributed by atoms with Crippen LogP contribution in [0.25, 0.3) is 11.5 Å². The van der Waals surface area contributed by atoms with Gasteiger partial charge in [0.2, 0.25) is 0 Å². The highest BCUT2D eigenvalue weighted by Gasteiger charge is 2.26. The Morgan fingerprint density at radius 2 is 2.07 bits per heavy atom. The first-order valence-electron chi connectivity index (χ1n) is 9.93. The SMILES string of the molecule is COc1ccccc1C(CNC(=O)c1cc(-c2ccc(C)o2)[nH]n1)N1CCCC1. The van der Waals surface area contributed by atoms with Gasteiger partial charge >= 0.3 is 0 Å². The number of aromatic nitrogens is 2. The van der Waals surface area contributed by atoms with Crippen LogP contribution in [-0.2, 0) is 0 Å². The summed E-state index contributed by atoms with van der Waals surface area (Å²) < 4.78 is 11.2. The number of para-hydroxylation sites is 1. The van der Waals surface area contributed by atoms with Crippen LogP contribution >= 0.6 is 0 Å². The number of amides is 1. The van der Waals surface area contributed by atoms with Crippen molar-refractivity contribution >= 4 is 5.91 Å². The molecule has 0 saturated carbocycles. The van der Waals surface area contributed by atoms with Crippen molar-refractivity contribution in [2.75, 3.05) is 26.7 Å². The molecule has 152 valence electrons. The predicted molar refractivity (Wildman–Crippen MR) is 110 cm³/mol. The van der Waals surface area contributed by atoms with Crippen molar-refractivity contribution in [1.29, 1.82) is 0 Å². The zero-order chi connectivity index (χ0) is 20.2. The molecule has 1 aliphatic heterocycles. The summed E-state index contributed by atoms with van der Waals surface area (Å²) in [6.45, 7) is 4.40. The summed E-state index contributed by atoms with van der Waals surface area (Å²) in [5.41, 5.74) is 2.12. The summed E-state index contributed by atoms with van der Waals surface area (Å²) in [5, 5.41) is 10.1. The Balaban J connectivity index is 1.48. The lowest BCUT2D eigenvalue weighted by molar-refractivity contribution is 0.0932. The normalized spacial score (nSPS) is 15.4. The molecule has 1 fully saturated rings. The third-order valence-corrected chi connectivity index (χ3v) is 5.35. The molecule has 1 atom stereocenters. The first-order chi connectivity index (χ1) is 14.2. The minimum atomic E-state index is -0.213. The number of rotatable bonds is 7. The van der Waals surface area contributed by atoms with Crippen LogP contribution < -0.4 is 10.1 Å². The fourth-order valence-corrected chi connectivity index (χ4v) is 3.85. The molecule has 0 radical (unpaired) electrons. The van der Waals surface area contributed by atoms with Crippen molar-refractivity contribution in [2.45, 2.75) is 25.8 Å². The zero-order valence-corrected chi connectivity index (χ0v) is 16.8. The van der Waals surface area contributed by atoms with Crippen molar-refractivity contribution in [2.24, 2.45) is 0 Å². The van der Waals surface area contributed by atoms with Gasteiger partial charge in [-0.2, -0.15) is 5.10 Å². The molecule has 1 aliphatic rings. The largest absolute Gasteiger partial charge is 0.496 e.